The molecule has 0 saturated heterocycles. The zero-order chi connectivity index (χ0) is 14.1. The Bertz CT molecular complexity index is 684. The number of hydrogen-bond acceptors (Lipinski definition) is 2. The SMILES string of the molecule is Nc1cccc(CS(=O)c2ccc3c(c2)CCC3)c1F. The Balaban J connectivity index is 1.84. The van der Waals surface area contributed by atoms with E-state index in [0.29, 0.717) is 5.56 Å². The fourth-order valence-corrected chi connectivity index (χ4v) is 3.79. The lowest BCUT2D eigenvalue weighted by atomic mass is 10.1. The van der Waals surface area contributed by atoms with Gasteiger partial charge in [-0.1, -0.05) is 18.2 Å². The van der Waals surface area contributed by atoms with E-state index < -0.39 is 16.6 Å². The van der Waals surface area contributed by atoms with Gasteiger partial charge in [-0.15, -0.1) is 0 Å². The van der Waals surface area contributed by atoms with Gasteiger partial charge in [0.25, 0.3) is 0 Å². The monoisotopic (exact) mass is 289 g/mol. The van der Waals surface area contributed by atoms with E-state index in [-0.39, 0.29) is 11.4 Å². The Morgan fingerprint density at radius 3 is 2.80 bits per heavy atom. The summed E-state index contributed by atoms with van der Waals surface area (Å²) in [4.78, 5) is 0.771. The molecule has 0 radical (unpaired) electrons. The molecule has 0 spiro atoms. The van der Waals surface area contributed by atoms with Crippen LogP contribution in [0, 0.1) is 5.82 Å². The van der Waals surface area contributed by atoms with Gasteiger partial charge in [0, 0.05) is 10.5 Å². The molecule has 3 rings (SSSR count). The van der Waals surface area contributed by atoms with E-state index >= 15 is 0 Å². The Labute approximate surface area is 120 Å². The summed E-state index contributed by atoms with van der Waals surface area (Å²) in [5.41, 5.74) is 8.68. The van der Waals surface area contributed by atoms with Gasteiger partial charge in [-0.05, 0) is 48.6 Å². The lowest BCUT2D eigenvalue weighted by Gasteiger charge is -2.07. The Kier molecular flexibility index (Phi) is 3.57. The highest BCUT2D eigenvalue weighted by molar-refractivity contribution is 7.84. The molecular formula is C16H16FNOS. The van der Waals surface area contributed by atoms with E-state index in [1.807, 2.05) is 18.2 Å². The highest BCUT2D eigenvalue weighted by Gasteiger charge is 2.15. The lowest BCUT2D eigenvalue weighted by molar-refractivity contribution is 0.620. The maximum absolute atomic E-state index is 13.8. The predicted molar refractivity (Wildman–Crippen MR) is 79.4 cm³/mol. The van der Waals surface area contributed by atoms with Crippen LogP contribution in [0.15, 0.2) is 41.3 Å². The number of hydrogen-bond donors (Lipinski definition) is 1. The number of halogens is 1. The maximum Gasteiger partial charge on any atom is 0.150 e. The molecule has 20 heavy (non-hydrogen) atoms. The molecule has 0 heterocycles. The number of aryl methyl sites for hydroxylation is 2. The molecule has 104 valence electrons. The van der Waals surface area contributed by atoms with Gasteiger partial charge >= 0.3 is 0 Å². The second kappa shape index (κ2) is 5.37. The van der Waals surface area contributed by atoms with Gasteiger partial charge in [-0.25, -0.2) is 4.39 Å². The van der Waals surface area contributed by atoms with Crippen LogP contribution in [0.4, 0.5) is 10.1 Å². The molecule has 0 fully saturated rings. The van der Waals surface area contributed by atoms with Crippen LogP contribution >= 0.6 is 0 Å². The predicted octanol–water partition coefficient (Wildman–Crippen LogP) is 3.20. The van der Waals surface area contributed by atoms with E-state index in [1.54, 1.807) is 12.1 Å². The fraction of sp³-hybridized carbons (Fsp3) is 0.250. The number of fused-ring (bicyclic) bond motifs is 1. The molecule has 2 aromatic carbocycles. The molecule has 0 bridgehead atoms. The minimum Gasteiger partial charge on any atom is -0.396 e. The van der Waals surface area contributed by atoms with Crippen molar-refractivity contribution in [2.24, 2.45) is 0 Å². The van der Waals surface area contributed by atoms with Gasteiger partial charge in [-0.2, -0.15) is 0 Å². The topological polar surface area (TPSA) is 43.1 Å². The van der Waals surface area contributed by atoms with E-state index in [4.69, 9.17) is 5.73 Å². The third-order valence-electron chi connectivity index (χ3n) is 3.73. The third kappa shape index (κ3) is 2.48. The van der Waals surface area contributed by atoms with Crippen LogP contribution in [0.1, 0.15) is 23.1 Å². The summed E-state index contributed by atoms with van der Waals surface area (Å²) in [7, 11) is -1.24. The summed E-state index contributed by atoms with van der Waals surface area (Å²) >= 11 is 0. The summed E-state index contributed by atoms with van der Waals surface area (Å²) in [6, 6.07) is 10.8. The molecule has 2 aromatic rings. The van der Waals surface area contributed by atoms with Crippen LogP contribution in [-0.2, 0) is 29.4 Å². The largest absolute Gasteiger partial charge is 0.396 e. The molecule has 0 amide bonds. The van der Waals surface area contributed by atoms with Crippen molar-refractivity contribution >= 4 is 16.5 Å². The average Bonchev–Trinajstić information content (AvgIpc) is 2.91. The Hall–Kier alpha value is -1.68. The molecular weight excluding hydrogens is 273 g/mol. The van der Waals surface area contributed by atoms with Crippen molar-refractivity contribution in [2.45, 2.75) is 29.9 Å². The minimum atomic E-state index is -1.24. The van der Waals surface area contributed by atoms with Crippen molar-refractivity contribution in [3.8, 4) is 0 Å². The van der Waals surface area contributed by atoms with Crippen LogP contribution in [-0.4, -0.2) is 4.21 Å². The van der Waals surface area contributed by atoms with Crippen LogP contribution in [0.5, 0.6) is 0 Å². The molecule has 2 N–H and O–H groups in total. The van der Waals surface area contributed by atoms with Gasteiger partial charge in [0.2, 0.25) is 0 Å². The number of rotatable bonds is 3. The first-order chi connectivity index (χ1) is 9.65. The summed E-state index contributed by atoms with van der Waals surface area (Å²) in [6.07, 6.45) is 3.31. The smallest absolute Gasteiger partial charge is 0.150 e. The quantitative estimate of drug-likeness (QED) is 0.882. The summed E-state index contributed by atoms with van der Waals surface area (Å²) in [6.45, 7) is 0. The number of nitrogens with two attached hydrogens (primary N) is 1. The highest BCUT2D eigenvalue weighted by atomic mass is 32.2. The Morgan fingerprint density at radius 1 is 1.15 bits per heavy atom. The van der Waals surface area contributed by atoms with Crippen molar-refractivity contribution < 1.29 is 8.60 Å². The normalized spacial score (nSPS) is 15.1. The fourth-order valence-electron chi connectivity index (χ4n) is 2.63. The Morgan fingerprint density at radius 2 is 1.95 bits per heavy atom. The molecule has 2 nitrogen and oxygen atoms in total. The summed E-state index contributed by atoms with van der Waals surface area (Å²) < 4.78 is 26.2. The molecule has 0 saturated carbocycles. The lowest BCUT2D eigenvalue weighted by Crippen LogP contribution is -2.02. The highest BCUT2D eigenvalue weighted by Crippen LogP contribution is 2.25. The van der Waals surface area contributed by atoms with Crippen LogP contribution in [0.2, 0.25) is 0 Å². The second-order valence-electron chi connectivity index (χ2n) is 5.09. The van der Waals surface area contributed by atoms with Gasteiger partial charge in [-0.3, -0.25) is 4.21 Å². The second-order valence-corrected chi connectivity index (χ2v) is 6.55. The zero-order valence-corrected chi connectivity index (χ0v) is 11.9. The maximum atomic E-state index is 13.8. The number of benzene rings is 2. The van der Waals surface area contributed by atoms with Gasteiger partial charge in [0.1, 0.15) is 5.82 Å². The minimum absolute atomic E-state index is 0.105. The van der Waals surface area contributed by atoms with Gasteiger partial charge in [0.05, 0.1) is 22.2 Å². The molecule has 0 aromatic heterocycles. The van der Waals surface area contributed by atoms with Crippen molar-refractivity contribution in [3.05, 3.63) is 58.9 Å². The molecule has 0 aliphatic heterocycles. The van der Waals surface area contributed by atoms with E-state index in [1.165, 1.54) is 17.2 Å². The third-order valence-corrected chi connectivity index (χ3v) is 5.08. The average molecular weight is 289 g/mol. The van der Waals surface area contributed by atoms with Crippen molar-refractivity contribution in [2.75, 3.05) is 5.73 Å². The zero-order valence-electron chi connectivity index (χ0n) is 11.1. The first kappa shape index (κ1) is 13.3. The van der Waals surface area contributed by atoms with Crippen LogP contribution in [0.25, 0.3) is 0 Å². The summed E-state index contributed by atoms with van der Waals surface area (Å²) in [5, 5.41) is 0. The van der Waals surface area contributed by atoms with Crippen molar-refractivity contribution in [1.82, 2.24) is 0 Å². The van der Waals surface area contributed by atoms with E-state index in [0.717, 1.165) is 24.2 Å². The van der Waals surface area contributed by atoms with Gasteiger partial charge in [0.15, 0.2) is 0 Å². The number of nitrogen functional groups attached to an aromatic ring is 1. The van der Waals surface area contributed by atoms with Crippen LogP contribution in [0.3, 0.4) is 0 Å². The van der Waals surface area contributed by atoms with Crippen LogP contribution < -0.4 is 5.73 Å². The van der Waals surface area contributed by atoms with Crippen molar-refractivity contribution in [3.63, 3.8) is 0 Å². The number of anilines is 1. The molecule has 1 aliphatic rings. The van der Waals surface area contributed by atoms with Crippen molar-refractivity contribution in [1.29, 1.82) is 0 Å². The molecule has 4 heteroatoms. The standard InChI is InChI=1S/C16H16FNOS/c17-16-13(5-2-6-15(16)18)10-20(19)14-8-7-11-3-1-4-12(11)9-14/h2,5-9H,1,3-4,10,18H2. The summed E-state index contributed by atoms with van der Waals surface area (Å²) in [5.74, 6) is -0.294. The van der Waals surface area contributed by atoms with E-state index in [2.05, 4.69) is 0 Å². The molecule has 1 aliphatic carbocycles. The first-order valence-electron chi connectivity index (χ1n) is 6.68. The molecule has 1 unspecified atom stereocenters. The first-order valence-corrected chi connectivity index (χ1v) is 8.00. The van der Waals surface area contributed by atoms with Gasteiger partial charge < -0.3 is 5.73 Å². The molecule has 1 atom stereocenters. The van der Waals surface area contributed by atoms with E-state index in [9.17, 15) is 8.60 Å².